The molecule has 0 atom stereocenters. The SMILES string of the molecule is O=S(=O)(NC(=S)N1CCCc2ccccc21)c1ccccc1. The molecule has 0 aromatic heterocycles. The second-order valence-corrected chi connectivity index (χ2v) is 7.18. The molecule has 2 aromatic rings. The summed E-state index contributed by atoms with van der Waals surface area (Å²) in [6.07, 6.45) is 1.94. The van der Waals surface area contributed by atoms with Crippen molar-refractivity contribution in [2.45, 2.75) is 17.7 Å². The van der Waals surface area contributed by atoms with E-state index in [0.29, 0.717) is 6.54 Å². The molecular weight excluding hydrogens is 316 g/mol. The summed E-state index contributed by atoms with van der Waals surface area (Å²) in [7, 11) is -3.64. The molecule has 0 aliphatic carbocycles. The van der Waals surface area contributed by atoms with E-state index >= 15 is 0 Å². The van der Waals surface area contributed by atoms with E-state index < -0.39 is 10.0 Å². The maximum Gasteiger partial charge on any atom is 0.263 e. The molecule has 0 fully saturated rings. The summed E-state index contributed by atoms with van der Waals surface area (Å²) in [5.41, 5.74) is 2.17. The Morgan fingerprint density at radius 3 is 2.50 bits per heavy atom. The van der Waals surface area contributed by atoms with Gasteiger partial charge in [-0.05, 0) is 48.8 Å². The van der Waals surface area contributed by atoms with Gasteiger partial charge >= 0.3 is 0 Å². The average molecular weight is 332 g/mol. The first kappa shape index (κ1) is 15.0. The minimum absolute atomic E-state index is 0.211. The summed E-state index contributed by atoms with van der Waals surface area (Å²) < 4.78 is 27.3. The lowest BCUT2D eigenvalue weighted by Gasteiger charge is -2.31. The molecule has 114 valence electrons. The van der Waals surface area contributed by atoms with Crippen LogP contribution in [0.1, 0.15) is 12.0 Å². The van der Waals surface area contributed by atoms with Gasteiger partial charge in [-0.2, -0.15) is 0 Å². The van der Waals surface area contributed by atoms with Crippen molar-refractivity contribution in [3.8, 4) is 0 Å². The number of nitrogens with zero attached hydrogens (tertiary/aromatic N) is 1. The van der Waals surface area contributed by atoms with Gasteiger partial charge in [0.15, 0.2) is 5.11 Å². The van der Waals surface area contributed by atoms with Gasteiger partial charge in [0.2, 0.25) is 0 Å². The van der Waals surface area contributed by atoms with Gasteiger partial charge in [-0.15, -0.1) is 0 Å². The summed E-state index contributed by atoms with van der Waals surface area (Å²) in [4.78, 5) is 2.07. The summed E-state index contributed by atoms with van der Waals surface area (Å²) >= 11 is 5.33. The van der Waals surface area contributed by atoms with Crippen LogP contribution >= 0.6 is 12.2 Å². The summed E-state index contributed by atoms with van der Waals surface area (Å²) in [6.45, 7) is 0.715. The van der Waals surface area contributed by atoms with Gasteiger partial charge in [0, 0.05) is 12.2 Å². The molecular formula is C16H16N2O2S2. The monoisotopic (exact) mass is 332 g/mol. The number of para-hydroxylation sites is 1. The normalized spacial score (nSPS) is 14.3. The zero-order chi connectivity index (χ0) is 15.6. The molecule has 1 aliphatic rings. The van der Waals surface area contributed by atoms with Crippen molar-refractivity contribution >= 4 is 33.0 Å². The largest absolute Gasteiger partial charge is 0.318 e. The molecule has 0 bridgehead atoms. The number of hydrogen-bond donors (Lipinski definition) is 1. The van der Waals surface area contributed by atoms with Crippen molar-refractivity contribution < 1.29 is 8.42 Å². The molecule has 22 heavy (non-hydrogen) atoms. The van der Waals surface area contributed by atoms with E-state index in [-0.39, 0.29) is 10.0 Å². The zero-order valence-electron chi connectivity index (χ0n) is 11.9. The highest BCUT2D eigenvalue weighted by Crippen LogP contribution is 2.27. The molecule has 0 amide bonds. The van der Waals surface area contributed by atoms with Gasteiger partial charge in [0.25, 0.3) is 10.0 Å². The van der Waals surface area contributed by atoms with Crippen LogP contribution in [0, 0.1) is 0 Å². The zero-order valence-corrected chi connectivity index (χ0v) is 13.5. The van der Waals surface area contributed by atoms with Crippen molar-refractivity contribution in [2.24, 2.45) is 0 Å². The lowest BCUT2D eigenvalue weighted by atomic mass is 10.0. The Morgan fingerprint density at radius 1 is 1.05 bits per heavy atom. The number of sulfonamides is 1. The summed E-state index contributed by atoms with van der Waals surface area (Å²) in [6, 6.07) is 16.2. The summed E-state index contributed by atoms with van der Waals surface area (Å²) in [5.74, 6) is 0. The van der Waals surface area contributed by atoms with Crippen molar-refractivity contribution in [1.29, 1.82) is 0 Å². The number of thiocarbonyl (C=S) groups is 1. The van der Waals surface area contributed by atoms with Crippen LogP contribution < -0.4 is 9.62 Å². The van der Waals surface area contributed by atoms with Crippen molar-refractivity contribution in [3.05, 3.63) is 60.2 Å². The van der Waals surface area contributed by atoms with E-state index in [9.17, 15) is 8.42 Å². The molecule has 0 unspecified atom stereocenters. The third kappa shape index (κ3) is 2.98. The van der Waals surface area contributed by atoms with Gasteiger partial charge < -0.3 is 4.90 Å². The molecule has 3 rings (SSSR count). The van der Waals surface area contributed by atoms with Crippen LogP contribution in [0.4, 0.5) is 5.69 Å². The van der Waals surface area contributed by atoms with E-state index in [1.165, 1.54) is 5.56 Å². The predicted molar refractivity (Wildman–Crippen MR) is 91.5 cm³/mol. The molecule has 6 heteroatoms. The second-order valence-electron chi connectivity index (χ2n) is 5.11. The third-order valence-corrected chi connectivity index (χ3v) is 5.44. The van der Waals surface area contributed by atoms with E-state index in [1.54, 1.807) is 30.3 Å². The topological polar surface area (TPSA) is 49.4 Å². The minimum Gasteiger partial charge on any atom is -0.318 e. The van der Waals surface area contributed by atoms with Crippen molar-refractivity contribution in [1.82, 2.24) is 4.72 Å². The Kier molecular flexibility index (Phi) is 4.13. The van der Waals surface area contributed by atoms with Crippen LogP contribution in [0.2, 0.25) is 0 Å². The quantitative estimate of drug-likeness (QED) is 0.859. The maximum absolute atomic E-state index is 12.4. The highest BCUT2D eigenvalue weighted by atomic mass is 32.2. The Hall–Kier alpha value is -1.92. The number of fused-ring (bicyclic) bond motifs is 1. The third-order valence-electron chi connectivity index (χ3n) is 3.63. The number of benzene rings is 2. The van der Waals surface area contributed by atoms with Crippen molar-refractivity contribution in [2.75, 3.05) is 11.4 Å². The molecule has 1 N–H and O–H groups in total. The fourth-order valence-electron chi connectivity index (χ4n) is 2.57. The first-order valence-corrected chi connectivity index (χ1v) is 8.94. The van der Waals surface area contributed by atoms with Gasteiger partial charge in [-0.1, -0.05) is 36.4 Å². The first-order chi connectivity index (χ1) is 10.6. The molecule has 0 spiro atoms. The lowest BCUT2D eigenvalue weighted by molar-refractivity contribution is 0.592. The standard InChI is InChI=1S/C16H16N2O2S2/c19-22(20,14-9-2-1-3-10-14)17-16(21)18-12-6-8-13-7-4-5-11-15(13)18/h1-5,7,9-11H,6,8,12H2,(H,17,21). The van der Waals surface area contributed by atoms with Gasteiger partial charge in [0.05, 0.1) is 4.90 Å². The van der Waals surface area contributed by atoms with Gasteiger partial charge in [-0.25, -0.2) is 8.42 Å². The Labute approximate surface area is 135 Å². The number of hydrogen-bond acceptors (Lipinski definition) is 3. The fraction of sp³-hybridized carbons (Fsp3) is 0.188. The van der Waals surface area contributed by atoms with Crippen LogP contribution in [0.15, 0.2) is 59.5 Å². The van der Waals surface area contributed by atoms with Crippen LogP contribution in [0.25, 0.3) is 0 Å². The van der Waals surface area contributed by atoms with E-state index in [4.69, 9.17) is 12.2 Å². The fourth-order valence-corrected chi connectivity index (χ4v) is 4.07. The molecule has 0 radical (unpaired) electrons. The predicted octanol–water partition coefficient (Wildman–Crippen LogP) is 2.70. The molecule has 1 heterocycles. The number of rotatable bonds is 2. The molecule has 4 nitrogen and oxygen atoms in total. The molecule has 0 saturated carbocycles. The first-order valence-electron chi connectivity index (χ1n) is 7.05. The minimum atomic E-state index is -3.64. The Bertz CT molecular complexity index is 789. The van der Waals surface area contributed by atoms with E-state index in [2.05, 4.69) is 10.8 Å². The smallest absolute Gasteiger partial charge is 0.263 e. The average Bonchev–Trinajstić information content (AvgIpc) is 2.54. The Balaban J connectivity index is 1.84. The van der Waals surface area contributed by atoms with Gasteiger partial charge in [-0.3, -0.25) is 4.72 Å². The van der Waals surface area contributed by atoms with Crippen LogP contribution in [-0.2, 0) is 16.4 Å². The molecule has 2 aromatic carbocycles. The maximum atomic E-state index is 12.4. The second kappa shape index (κ2) is 6.06. The number of aryl methyl sites for hydroxylation is 1. The Morgan fingerprint density at radius 2 is 1.73 bits per heavy atom. The van der Waals surface area contributed by atoms with E-state index in [0.717, 1.165) is 18.5 Å². The molecule has 0 saturated heterocycles. The summed E-state index contributed by atoms with van der Waals surface area (Å²) in [5, 5.41) is 0.219. The van der Waals surface area contributed by atoms with Crippen molar-refractivity contribution in [3.63, 3.8) is 0 Å². The highest BCUT2D eigenvalue weighted by molar-refractivity contribution is 7.92. The molecule has 1 aliphatic heterocycles. The highest BCUT2D eigenvalue weighted by Gasteiger charge is 2.23. The van der Waals surface area contributed by atoms with Crippen LogP contribution in [0.5, 0.6) is 0 Å². The van der Waals surface area contributed by atoms with Crippen LogP contribution in [0.3, 0.4) is 0 Å². The number of nitrogens with one attached hydrogen (secondary N) is 1. The van der Waals surface area contributed by atoms with Gasteiger partial charge in [0.1, 0.15) is 0 Å². The van der Waals surface area contributed by atoms with E-state index in [1.807, 2.05) is 23.1 Å². The lowest BCUT2D eigenvalue weighted by Crippen LogP contribution is -2.44. The number of anilines is 1. The van der Waals surface area contributed by atoms with Crippen LogP contribution in [-0.4, -0.2) is 20.1 Å².